The molecule has 0 fully saturated rings. The lowest BCUT2D eigenvalue weighted by molar-refractivity contribution is -0.384. The minimum Gasteiger partial charge on any atom is -0.488 e. The highest BCUT2D eigenvalue weighted by Gasteiger charge is 2.08. The van der Waals surface area contributed by atoms with Crippen LogP contribution in [-0.4, -0.2) is 17.0 Å². The smallest absolute Gasteiger partial charge is 0.272 e. The first kappa shape index (κ1) is 21.7. The molecular weight excluding hydrogens is 518 g/mol. The van der Waals surface area contributed by atoms with Crippen LogP contribution in [0.2, 0.25) is 0 Å². The number of ether oxygens (including phenoxy) is 1. The van der Waals surface area contributed by atoms with Crippen LogP contribution >= 0.6 is 31.9 Å². The van der Waals surface area contributed by atoms with Gasteiger partial charge in [-0.25, -0.2) is 5.43 Å². The van der Waals surface area contributed by atoms with Gasteiger partial charge in [0.25, 0.3) is 11.6 Å². The lowest BCUT2D eigenvalue weighted by atomic mass is 10.2. The molecule has 0 heterocycles. The molecule has 0 saturated carbocycles. The van der Waals surface area contributed by atoms with Crippen LogP contribution < -0.4 is 10.2 Å². The lowest BCUT2D eigenvalue weighted by Gasteiger charge is -2.09. The van der Waals surface area contributed by atoms with E-state index in [9.17, 15) is 14.9 Å². The number of hydrogen-bond donors (Lipinski definition) is 1. The number of nitrogens with one attached hydrogen (secondary N) is 1. The SMILES string of the molecule is O=C(N/N=C\c1ccc(OCc2ccc([N+](=O)[O-])cc2)c(Br)c1)c1ccccc1Br. The molecule has 0 spiro atoms. The number of rotatable bonds is 7. The molecule has 3 rings (SSSR count). The topological polar surface area (TPSA) is 93.8 Å². The Kier molecular flexibility index (Phi) is 7.31. The number of non-ortho nitro benzene ring substituents is 1. The maximum absolute atomic E-state index is 12.1. The van der Waals surface area contributed by atoms with Gasteiger partial charge in [-0.2, -0.15) is 5.10 Å². The maximum atomic E-state index is 12.1. The van der Waals surface area contributed by atoms with E-state index in [1.165, 1.54) is 18.3 Å². The van der Waals surface area contributed by atoms with Crippen LogP contribution in [0.4, 0.5) is 5.69 Å². The molecular formula is C21H15Br2N3O4. The fourth-order valence-electron chi connectivity index (χ4n) is 2.46. The van der Waals surface area contributed by atoms with Gasteiger partial charge in [0.2, 0.25) is 0 Å². The van der Waals surface area contributed by atoms with Crippen LogP contribution in [0, 0.1) is 10.1 Å². The maximum Gasteiger partial charge on any atom is 0.272 e. The molecule has 0 unspecified atom stereocenters. The summed E-state index contributed by atoms with van der Waals surface area (Å²) in [6, 6.07) is 18.6. The van der Waals surface area contributed by atoms with E-state index in [-0.39, 0.29) is 18.2 Å². The summed E-state index contributed by atoms with van der Waals surface area (Å²) in [5.74, 6) is 0.295. The van der Waals surface area contributed by atoms with E-state index in [1.54, 1.807) is 48.5 Å². The van der Waals surface area contributed by atoms with Crippen LogP contribution in [0.25, 0.3) is 0 Å². The molecule has 0 aliphatic carbocycles. The van der Waals surface area contributed by atoms with E-state index in [4.69, 9.17) is 4.74 Å². The van der Waals surface area contributed by atoms with Crippen molar-refractivity contribution in [3.05, 3.63) is 102 Å². The molecule has 0 aromatic heterocycles. The van der Waals surface area contributed by atoms with E-state index in [0.717, 1.165) is 11.1 Å². The number of carbonyl (C=O) groups excluding carboxylic acids is 1. The molecule has 1 amide bonds. The van der Waals surface area contributed by atoms with Crippen molar-refractivity contribution in [2.75, 3.05) is 0 Å². The van der Waals surface area contributed by atoms with Gasteiger partial charge < -0.3 is 4.74 Å². The number of hydrazone groups is 1. The lowest BCUT2D eigenvalue weighted by Crippen LogP contribution is -2.18. The average molecular weight is 533 g/mol. The second-order valence-corrected chi connectivity index (χ2v) is 7.79. The summed E-state index contributed by atoms with van der Waals surface area (Å²) in [5.41, 5.74) is 4.59. The molecule has 0 aliphatic rings. The molecule has 0 saturated heterocycles. The Labute approximate surface area is 189 Å². The van der Waals surface area contributed by atoms with E-state index in [1.807, 2.05) is 6.07 Å². The Hall–Kier alpha value is -3.04. The van der Waals surface area contributed by atoms with Crippen molar-refractivity contribution in [2.24, 2.45) is 5.10 Å². The minimum atomic E-state index is -0.442. The number of halogens is 2. The second kappa shape index (κ2) is 10.1. The van der Waals surface area contributed by atoms with Crippen LogP contribution in [-0.2, 0) is 6.61 Å². The van der Waals surface area contributed by atoms with E-state index < -0.39 is 4.92 Å². The molecule has 0 bridgehead atoms. The summed E-state index contributed by atoms with van der Waals surface area (Å²) < 4.78 is 7.16. The zero-order chi connectivity index (χ0) is 21.5. The zero-order valence-corrected chi connectivity index (χ0v) is 18.6. The number of nitro benzene ring substituents is 1. The third-order valence-electron chi connectivity index (χ3n) is 4.00. The molecule has 0 aliphatic heterocycles. The first-order chi connectivity index (χ1) is 14.4. The van der Waals surface area contributed by atoms with Crippen molar-refractivity contribution >= 4 is 49.7 Å². The molecule has 1 N–H and O–H groups in total. The Morgan fingerprint density at radius 1 is 1.07 bits per heavy atom. The standard InChI is InChI=1S/C21H15Br2N3O4/c22-18-4-2-1-3-17(18)21(27)25-24-12-15-7-10-20(19(23)11-15)30-13-14-5-8-16(9-6-14)26(28)29/h1-12H,13H2,(H,25,27)/b24-12-. The first-order valence-electron chi connectivity index (χ1n) is 8.67. The predicted molar refractivity (Wildman–Crippen MR) is 121 cm³/mol. The van der Waals surface area contributed by atoms with Crippen LogP contribution in [0.1, 0.15) is 21.5 Å². The highest BCUT2D eigenvalue weighted by atomic mass is 79.9. The number of benzene rings is 3. The fraction of sp³-hybridized carbons (Fsp3) is 0.0476. The molecule has 30 heavy (non-hydrogen) atoms. The highest BCUT2D eigenvalue weighted by Crippen LogP contribution is 2.26. The normalized spacial score (nSPS) is 10.7. The van der Waals surface area contributed by atoms with Crippen molar-refractivity contribution < 1.29 is 14.5 Å². The zero-order valence-electron chi connectivity index (χ0n) is 15.4. The van der Waals surface area contributed by atoms with Crippen molar-refractivity contribution in [1.29, 1.82) is 0 Å². The van der Waals surface area contributed by atoms with Crippen molar-refractivity contribution in [2.45, 2.75) is 6.61 Å². The van der Waals surface area contributed by atoms with Gasteiger partial charge >= 0.3 is 0 Å². The second-order valence-electron chi connectivity index (χ2n) is 6.08. The van der Waals surface area contributed by atoms with E-state index >= 15 is 0 Å². The van der Waals surface area contributed by atoms with Crippen LogP contribution in [0.3, 0.4) is 0 Å². The summed E-state index contributed by atoms with van der Waals surface area (Å²) in [5, 5.41) is 14.7. The third kappa shape index (κ3) is 5.74. The largest absolute Gasteiger partial charge is 0.488 e. The van der Waals surface area contributed by atoms with Gasteiger partial charge in [0.05, 0.1) is 21.2 Å². The van der Waals surface area contributed by atoms with Gasteiger partial charge in [0.1, 0.15) is 12.4 Å². The van der Waals surface area contributed by atoms with Gasteiger partial charge in [0, 0.05) is 16.6 Å². The van der Waals surface area contributed by atoms with Gasteiger partial charge in [-0.15, -0.1) is 0 Å². The van der Waals surface area contributed by atoms with Crippen molar-refractivity contribution in [1.82, 2.24) is 5.43 Å². The van der Waals surface area contributed by atoms with E-state index in [0.29, 0.717) is 20.3 Å². The molecule has 0 radical (unpaired) electrons. The van der Waals surface area contributed by atoms with Crippen molar-refractivity contribution in [3.8, 4) is 5.75 Å². The molecule has 9 heteroatoms. The summed E-state index contributed by atoms with van der Waals surface area (Å²) >= 11 is 6.78. The quantitative estimate of drug-likeness (QED) is 0.248. The average Bonchev–Trinajstić information content (AvgIpc) is 2.73. The number of nitrogens with zero attached hydrogens (tertiary/aromatic N) is 2. The van der Waals surface area contributed by atoms with Crippen LogP contribution in [0.5, 0.6) is 5.75 Å². The summed E-state index contributed by atoms with van der Waals surface area (Å²) in [6.45, 7) is 0.270. The number of carbonyl (C=O) groups is 1. The monoisotopic (exact) mass is 531 g/mol. The molecule has 7 nitrogen and oxygen atoms in total. The molecule has 3 aromatic rings. The minimum absolute atomic E-state index is 0.0373. The third-order valence-corrected chi connectivity index (χ3v) is 5.31. The summed E-state index contributed by atoms with van der Waals surface area (Å²) in [4.78, 5) is 22.4. The Bertz CT molecular complexity index is 1100. The number of amides is 1. The van der Waals surface area contributed by atoms with Gasteiger partial charge in [-0.05, 0) is 85.5 Å². The Balaban J connectivity index is 1.58. The van der Waals surface area contributed by atoms with Crippen LogP contribution in [0.15, 0.2) is 80.8 Å². The first-order valence-corrected chi connectivity index (χ1v) is 10.3. The van der Waals surface area contributed by atoms with E-state index in [2.05, 4.69) is 42.4 Å². The number of hydrogen-bond acceptors (Lipinski definition) is 5. The molecule has 3 aromatic carbocycles. The highest BCUT2D eigenvalue weighted by molar-refractivity contribution is 9.10. The summed E-state index contributed by atoms with van der Waals surface area (Å²) in [7, 11) is 0. The number of nitro groups is 1. The predicted octanol–water partition coefficient (Wildman–Crippen LogP) is 5.46. The Morgan fingerprint density at radius 2 is 1.80 bits per heavy atom. The van der Waals surface area contributed by atoms with Gasteiger partial charge in [-0.1, -0.05) is 12.1 Å². The fourth-order valence-corrected chi connectivity index (χ4v) is 3.44. The molecule has 152 valence electrons. The van der Waals surface area contributed by atoms with Gasteiger partial charge in [0.15, 0.2) is 0 Å². The molecule has 0 atom stereocenters. The Morgan fingerprint density at radius 3 is 2.47 bits per heavy atom. The summed E-state index contributed by atoms with van der Waals surface area (Å²) in [6.07, 6.45) is 1.53. The van der Waals surface area contributed by atoms with Gasteiger partial charge in [-0.3, -0.25) is 14.9 Å². The van der Waals surface area contributed by atoms with Crippen molar-refractivity contribution in [3.63, 3.8) is 0 Å².